The topological polar surface area (TPSA) is 47.9 Å². The number of aliphatic hydroxyl groups is 1. The Labute approximate surface area is 121 Å². The average Bonchev–Trinajstić information content (AvgIpc) is 2.42. The van der Waals surface area contributed by atoms with Gasteiger partial charge in [-0.1, -0.05) is 0 Å². The van der Waals surface area contributed by atoms with E-state index in [9.17, 15) is 5.11 Å². The molecule has 1 saturated carbocycles. The summed E-state index contributed by atoms with van der Waals surface area (Å²) in [7, 11) is 0. The minimum absolute atomic E-state index is 0.185. The van der Waals surface area contributed by atoms with Gasteiger partial charge in [0.05, 0.1) is 32.5 Å². The Bertz CT molecular complexity index is 216. The summed E-state index contributed by atoms with van der Waals surface area (Å²) in [5.41, 5.74) is 0. The molecule has 0 radical (unpaired) electrons. The summed E-state index contributed by atoms with van der Waals surface area (Å²) in [6.07, 6.45) is 2.50. The standard InChI is InChI=1S/C14H27ClO4/c1-2-17-5-6-18-7-8-19-11-13-9-14(16)4-3-12(13)10-15/h12-14,16H,2-11H2,1H3. The molecule has 0 aromatic carbocycles. The monoisotopic (exact) mass is 294 g/mol. The van der Waals surface area contributed by atoms with E-state index < -0.39 is 0 Å². The molecule has 0 bridgehead atoms. The fraction of sp³-hybridized carbons (Fsp3) is 1.00. The number of hydrogen-bond acceptors (Lipinski definition) is 4. The molecule has 0 aromatic heterocycles. The number of aliphatic hydroxyl groups excluding tert-OH is 1. The first-order chi connectivity index (χ1) is 9.27. The van der Waals surface area contributed by atoms with Gasteiger partial charge in [0.2, 0.25) is 0 Å². The van der Waals surface area contributed by atoms with Crippen LogP contribution in [0.15, 0.2) is 0 Å². The summed E-state index contributed by atoms with van der Waals surface area (Å²) in [5.74, 6) is 1.51. The number of halogens is 1. The highest BCUT2D eigenvalue weighted by Crippen LogP contribution is 2.31. The quantitative estimate of drug-likeness (QED) is 0.495. The fourth-order valence-corrected chi connectivity index (χ4v) is 2.83. The van der Waals surface area contributed by atoms with E-state index in [2.05, 4.69) is 0 Å². The molecule has 1 N–H and O–H groups in total. The Balaban J connectivity index is 2.00. The molecule has 1 aliphatic rings. The smallest absolute Gasteiger partial charge is 0.0701 e. The lowest BCUT2D eigenvalue weighted by Gasteiger charge is -2.32. The van der Waals surface area contributed by atoms with Crippen molar-refractivity contribution in [3.8, 4) is 0 Å². The van der Waals surface area contributed by atoms with Crippen LogP contribution in [0.3, 0.4) is 0 Å². The lowest BCUT2D eigenvalue weighted by atomic mass is 9.79. The molecule has 0 saturated heterocycles. The Morgan fingerprint density at radius 2 is 1.68 bits per heavy atom. The highest BCUT2D eigenvalue weighted by atomic mass is 35.5. The van der Waals surface area contributed by atoms with Crippen molar-refractivity contribution in [2.24, 2.45) is 11.8 Å². The van der Waals surface area contributed by atoms with E-state index in [1.165, 1.54) is 0 Å². The molecule has 0 aromatic rings. The minimum Gasteiger partial charge on any atom is -0.393 e. The minimum atomic E-state index is -0.185. The predicted molar refractivity (Wildman–Crippen MR) is 75.7 cm³/mol. The van der Waals surface area contributed by atoms with E-state index in [4.69, 9.17) is 25.8 Å². The van der Waals surface area contributed by atoms with Crippen LogP contribution < -0.4 is 0 Å². The average molecular weight is 295 g/mol. The molecule has 1 rings (SSSR count). The summed E-state index contributed by atoms with van der Waals surface area (Å²) in [6, 6.07) is 0. The maximum atomic E-state index is 9.68. The Kier molecular flexibility index (Phi) is 9.82. The van der Waals surface area contributed by atoms with Crippen LogP contribution in [0.1, 0.15) is 26.2 Å². The predicted octanol–water partition coefficient (Wildman–Crippen LogP) is 2.07. The van der Waals surface area contributed by atoms with Crippen molar-refractivity contribution in [1.82, 2.24) is 0 Å². The molecule has 0 spiro atoms. The van der Waals surface area contributed by atoms with E-state index in [0.29, 0.717) is 50.8 Å². The molecule has 0 amide bonds. The SMILES string of the molecule is CCOCCOCCOCC1CC(O)CCC1CCl. The van der Waals surface area contributed by atoms with Crippen molar-refractivity contribution < 1.29 is 19.3 Å². The van der Waals surface area contributed by atoms with E-state index in [1.54, 1.807) is 0 Å². The van der Waals surface area contributed by atoms with Crippen molar-refractivity contribution in [2.75, 3.05) is 45.5 Å². The summed E-state index contributed by atoms with van der Waals surface area (Å²) >= 11 is 5.96. The van der Waals surface area contributed by atoms with Gasteiger partial charge in [0.1, 0.15) is 0 Å². The van der Waals surface area contributed by atoms with Crippen LogP contribution >= 0.6 is 11.6 Å². The van der Waals surface area contributed by atoms with E-state index in [-0.39, 0.29) is 6.10 Å². The van der Waals surface area contributed by atoms with Gasteiger partial charge in [-0.15, -0.1) is 11.6 Å². The molecule has 114 valence electrons. The van der Waals surface area contributed by atoms with Crippen LogP contribution in [0.4, 0.5) is 0 Å². The fourth-order valence-electron chi connectivity index (χ4n) is 2.43. The number of ether oxygens (including phenoxy) is 3. The van der Waals surface area contributed by atoms with Crippen molar-refractivity contribution in [2.45, 2.75) is 32.3 Å². The molecule has 0 aliphatic heterocycles. The Morgan fingerprint density at radius 3 is 2.37 bits per heavy atom. The van der Waals surface area contributed by atoms with Gasteiger partial charge in [0, 0.05) is 19.1 Å². The Hall–Kier alpha value is 0.130. The highest BCUT2D eigenvalue weighted by molar-refractivity contribution is 6.18. The lowest BCUT2D eigenvalue weighted by molar-refractivity contribution is -0.0134. The first-order valence-electron chi connectivity index (χ1n) is 7.25. The van der Waals surface area contributed by atoms with Gasteiger partial charge in [-0.25, -0.2) is 0 Å². The number of alkyl halides is 1. The van der Waals surface area contributed by atoms with Crippen LogP contribution in [-0.4, -0.2) is 56.7 Å². The second-order valence-electron chi connectivity index (χ2n) is 5.03. The summed E-state index contributed by atoms with van der Waals surface area (Å²) in [6.45, 7) is 5.80. The first kappa shape index (κ1) is 17.2. The zero-order valence-electron chi connectivity index (χ0n) is 11.9. The highest BCUT2D eigenvalue weighted by Gasteiger charge is 2.28. The van der Waals surface area contributed by atoms with Gasteiger partial charge in [0.15, 0.2) is 0 Å². The lowest BCUT2D eigenvalue weighted by Crippen LogP contribution is -2.32. The van der Waals surface area contributed by atoms with Gasteiger partial charge < -0.3 is 19.3 Å². The zero-order chi connectivity index (χ0) is 13.9. The maximum absolute atomic E-state index is 9.68. The summed E-state index contributed by atoms with van der Waals surface area (Å²) in [5, 5.41) is 9.68. The van der Waals surface area contributed by atoms with E-state index in [0.717, 1.165) is 25.9 Å². The van der Waals surface area contributed by atoms with Gasteiger partial charge in [-0.3, -0.25) is 0 Å². The van der Waals surface area contributed by atoms with Gasteiger partial charge in [-0.2, -0.15) is 0 Å². The molecule has 3 atom stereocenters. The molecule has 5 heteroatoms. The van der Waals surface area contributed by atoms with Crippen molar-refractivity contribution >= 4 is 11.6 Å². The van der Waals surface area contributed by atoms with Crippen LogP contribution in [0.25, 0.3) is 0 Å². The number of rotatable bonds is 10. The number of hydrogen-bond donors (Lipinski definition) is 1. The molecule has 1 aliphatic carbocycles. The summed E-state index contributed by atoms with van der Waals surface area (Å²) in [4.78, 5) is 0. The van der Waals surface area contributed by atoms with Crippen LogP contribution in [-0.2, 0) is 14.2 Å². The van der Waals surface area contributed by atoms with Crippen LogP contribution in [0.2, 0.25) is 0 Å². The van der Waals surface area contributed by atoms with E-state index in [1.807, 2.05) is 6.92 Å². The van der Waals surface area contributed by atoms with Gasteiger partial charge in [0.25, 0.3) is 0 Å². The summed E-state index contributed by atoms with van der Waals surface area (Å²) < 4.78 is 16.2. The molecular formula is C14H27ClO4. The third-order valence-electron chi connectivity index (χ3n) is 3.59. The molecule has 19 heavy (non-hydrogen) atoms. The van der Waals surface area contributed by atoms with Crippen molar-refractivity contribution in [3.63, 3.8) is 0 Å². The van der Waals surface area contributed by atoms with E-state index >= 15 is 0 Å². The zero-order valence-corrected chi connectivity index (χ0v) is 12.6. The second-order valence-corrected chi connectivity index (χ2v) is 5.33. The molecule has 0 heterocycles. The van der Waals surface area contributed by atoms with Gasteiger partial charge >= 0.3 is 0 Å². The normalized spacial score (nSPS) is 27.6. The molecule has 3 unspecified atom stereocenters. The van der Waals surface area contributed by atoms with Gasteiger partial charge in [-0.05, 0) is 38.0 Å². The molecular weight excluding hydrogens is 268 g/mol. The third kappa shape index (κ3) is 7.47. The first-order valence-corrected chi connectivity index (χ1v) is 7.78. The Morgan fingerprint density at radius 1 is 1.00 bits per heavy atom. The maximum Gasteiger partial charge on any atom is 0.0701 e. The van der Waals surface area contributed by atoms with Crippen molar-refractivity contribution in [3.05, 3.63) is 0 Å². The van der Waals surface area contributed by atoms with Crippen LogP contribution in [0, 0.1) is 11.8 Å². The third-order valence-corrected chi connectivity index (χ3v) is 3.99. The molecule has 4 nitrogen and oxygen atoms in total. The van der Waals surface area contributed by atoms with Crippen LogP contribution in [0.5, 0.6) is 0 Å². The second kappa shape index (κ2) is 10.9. The van der Waals surface area contributed by atoms with Crippen molar-refractivity contribution in [1.29, 1.82) is 0 Å². The molecule has 1 fully saturated rings. The largest absolute Gasteiger partial charge is 0.393 e.